The molecule has 0 aromatic carbocycles. The average molecular weight is 305 g/mol. The molecule has 1 aromatic heterocycles. The van der Waals surface area contributed by atoms with Crippen LogP contribution in [0.2, 0.25) is 0 Å². The zero-order chi connectivity index (χ0) is 15.0. The van der Waals surface area contributed by atoms with Crippen LogP contribution in [0.5, 0.6) is 0 Å². The van der Waals surface area contributed by atoms with Gasteiger partial charge in [-0.1, -0.05) is 12.1 Å². The molecule has 20 heavy (non-hydrogen) atoms. The van der Waals surface area contributed by atoms with E-state index in [-0.39, 0.29) is 17.4 Å². The van der Waals surface area contributed by atoms with Crippen LogP contribution in [0.3, 0.4) is 0 Å². The Hall–Kier alpha value is -1.37. The number of alkyl halides is 3. The summed E-state index contributed by atoms with van der Waals surface area (Å²) < 4.78 is 60.6. The van der Waals surface area contributed by atoms with Crippen molar-refractivity contribution in [3.63, 3.8) is 0 Å². The van der Waals surface area contributed by atoms with Crippen LogP contribution in [0, 0.1) is 0 Å². The van der Waals surface area contributed by atoms with Gasteiger partial charge in [0.2, 0.25) is 0 Å². The maximum Gasteiger partial charge on any atom is 0.412 e. The van der Waals surface area contributed by atoms with E-state index in [1.807, 2.05) is 0 Å². The van der Waals surface area contributed by atoms with E-state index < -0.39 is 21.6 Å². The van der Waals surface area contributed by atoms with Gasteiger partial charge in [-0.25, -0.2) is 13.4 Å². The van der Waals surface area contributed by atoms with Crippen LogP contribution < -0.4 is 0 Å². The minimum Gasteiger partial charge on any atom is -0.244 e. The van der Waals surface area contributed by atoms with Gasteiger partial charge in [0, 0.05) is 23.9 Å². The first-order chi connectivity index (χ1) is 9.18. The SMILES string of the molecule is CS(=O)(=O)c1ccc(C2C=C(C(F)(F)F)CCC2)cn1. The van der Waals surface area contributed by atoms with Crippen molar-refractivity contribution in [1.29, 1.82) is 0 Å². The zero-order valence-corrected chi connectivity index (χ0v) is 11.6. The minimum atomic E-state index is -4.29. The molecular formula is C13H14F3NO2S. The summed E-state index contributed by atoms with van der Waals surface area (Å²) in [4.78, 5) is 3.81. The molecule has 110 valence electrons. The Morgan fingerprint density at radius 2 is 2.00 bits per heavy atom. The van der Waals surface area contributed by atoms with Crippen LogP contribution in [0.4, 0.5) is 13.2 Å². The van der Waals surface area contributed by atoms with Gasteiger partial charge in [0.05, 0.1) is 0 Å². The van der Waals surface area contributed by atoms with E-state index in [0.717, 1.165) is 6.26 Å². The van der Waals surface area contributed by atoms with Gasteiger partial charge < -0.3 is 0 Å². The molecule has 2 rings (SSSR count). The monoisotopic (exact) mass is 305 g/mol. The number of sulfone groups is 1. The number of nitrogens with zero attached hydrogens (tertiary/aromatic N) is 1. The molecule has 0 saturated heterocycles. The number of rotatable bonds is 2. The van der Waals surface area contributed by atoms with Gasteiger partial charge in [0.25, 0.3) is 0 Å². The second-order valence-electron chi connectivity index (χ2n) is 4.89. The summed E-state index contributed by atoms with van der Waals surface area (Å²) in [5.74, 6) is -0.360. The second kappa shape index (κ2) is 5.20. The van der Waals surface area contributed by atoms with Gasteiger partial charge in [0.15, 0.2) is 14.9 Å². The van der Waals surface area contributed by atoms with E-state index in [4.69, 9.17) is 0 Å². The first-order valence-corrected chi connectivity index (χ1v) is 8.01. The molecule has 1 aliphatic carbocycles. The average Bonchev–Trinajstić information content (AvgIpc) is 2.37. The molecule has 0 bridgehead atoms. The fraction of sp³-hybridized carbons (Fsp3) is 0.462. The number of hydrogen-bond donors (Lipinski definition) is 0. The lowest BCUT2D eigenvalue weighted by Crippen LogP contribution is -2.16. The molecule has 1 aliphatic rings. The maximum absolute atomic E-state index is 12.7. The number of allylic oxidation sites excluding steroid dienone is 2. The standard InChI is InChI=1S/C13H14F3NO2S/c1-20(18,19)12-6-5-10(8-17-12)9-3-2-4-11(7-9)13(14,15)16/h5-9H,2-4H2,1H3. The fourth-order valence-electron chi connectivity index (χ4n) is 2.25. The van der Waals surface area contributed by atoms with Crippen molar-refractivity contribution in [2.24, 2.45) is 0 Å². The highest BCUT2D eigenvalue weighted by molar-refractivity contribution is 7.90. The molecule has 0 radical (unpaired) electrons. The molecular weight excluding hydrogens is 291 g/mol. The molecule has 1 heterocycles. The molecule has 1 aromatic rings. The summed E-state index contributed by atoms with van der Waals surface area (Å²) in [5, 5.41) is -0.0721. The van der Waals surface area contributed by atoms with E-state index in [1.54, 1.807) is 0 Å². The van der Waals surface area contributed by atoms with Crippen LogP contribution >= 0.6 is 0 Å². The Morgan fingerprint density at radius 1 is 1.30 bits per heavy atom. The van der Waals surface area contributed by atoms with Crippen molar-refractivity contribution in [3.05, 3.63) is 35.5 Å². The number of aromatic nitrogens is 1. The smallest absolute Gasteiger partial charge is 0.244 e. The van der Waals surface area contributed by atoms with Gasteiger partial charge in [-0.3, -0.25) is 0 Å². The van der Waals surface area contributed by atoms with Crippen LogP contribution in [-0.4, -0.2) is 25.8 Å². The van der Waals surface area contributed by atoms with Gasteiger partial charge in [-0.2, -0.15) is 13.2 Å². The lowest BCUT2D eigenvalue weighted by Gasteiger charge is -2.22. The Bertz CT molecular complexity index is 618. The molecule has 0 N–H and O–H groups in total. The zero-order valence-electron chi connectivity index (χ0n) is 10.8. The van der Waals surface area contributed by atoms with Crippen LogP contribution in [0.25, 0.3) is 0 Å². The summed E-state index contributed by atoms with van der Waals surface area (Å²) in [7, 11) is -3.39. The number of hydrogen-bond acceptors (Lipinski definition) is 3. The summed E-state index contributed by atoms with van der Waals surface area (Å²) in [6.07, 6.45) is 0.422. The van der Waals surface area contributed by atoms with E-state index in [2.05, 4.69) is 4.98 Å². The van der Waals surface area contributed by atoms with Crippen molar-refractivity contribution >= 4 is 9.84 Å². The highest BCUT2D eigenvalue weighted by atomic mass is 32.2. The Balaban J connectivity index is 2.28. The van der Waals surface area contributed by atoms with Crippen LogP contribution in [0.1, 0.15) is 30.7 Å². The van der Waals surface area contributed by atoms with Crippen molar-refractivity contribution < 1.29 is 21.6 Å². The lowest BCUT2D eigenvalue weighted by atomic mass is 9.86. The molecule has 0 fully saturated rings. The molecule has 0 spiro atoms. The predicted octanol–water partition coefficient (Wildman–Crippen LogP) is 3.24. The molecule has 0 amide bonds. The minimum absolute atomic E-state index is 0.0366. The Kier molecular flexibility index (Phi) is 3.90. The summed E-state index contributed by atoms with van der Waals surface area (Å²) >= 11 is 0. The van der Waals surface area contributed by atoms with Crippen molar-refractivity contribution in [3.8, 4) is 0 Å². The third kappa shape index (κ3) is 3.39. The van der Waals surface area contributed by atoms with Crippen molar-refractivity contribution in [2.45, 2.75) is 36.4 Å². The largest absolute Gasteiger partial charge is 0.412 e. The van der Waals surface area contributed by atoms with Crippen molar-refractivity contribution in [2.75, 3.05) is 6.26 Å². The van der Waals surface area contributed by atoms with Crippen molar-refractivity contribution in [1.82, 2.24) is 4.98 Å². The third-order valence-corrected chi connectivity index (χ3v) is 4.30. The first-order valence-electron chi connectivity index (χ1n) is 6.12. The quantitative estimate of drug-likeness (QED) is 0.788. The topological polar surface area (TPSA) is 47.0 Å². The van der Waals surface area contributed by atoms with E-state index in [0.29, 0.717) is 18.4 Å². The molecule has 3 nitrogen and oxygen atoms in total. The molecule has 7 heteroatoms. The van der Waals surface area contributed by atoms with Gasteiger partial charge >= 0.3 is 6.18 Å². The van der Waals surface area contributed by atoms with E-state index >= 15 is 0 Å². The molecule has 1 atom stereocenters. The van der Waals surface area contributed by atoms with E-state index in [9.17, 15) is 21.6 Å². The summed E-state index contributed by atoms with van der Waals surface area (Å²) in [6.45, 7) is 0. The summed E-state index contributed by atoms with van der Waals surface area (Å²) in [5.41, 5.74) is 0.0970. The highest BCUT2D eigenvalue weighted by Gasteiger charge is 2.35. The maximum atomic E-state index is 12.7. The van der Waals surface area contributed by atoms with Crippen LogP contribution in [-0.2, 0) is 9.84 Å². The predicted molar refractivity (Wildman–Crippen MR) is 68.1 cm³/mol. The number of halogens is 3. The molecule has 0 saturated carbocycles. The normalized spacial score (nSPS) is 20.6. The van der Waals surface area contributed by atoms with Gasteiger partial charge in [-0.05, 0) is 30.9 Å². The third-order valence-electron chi connectivity index (χ3n) is 3.29. The molecule has 0 aliphatic heterocycles. The highest BCUT2D eigenvalue weighted by Crippen LogP contribution is 2.38. The Morgan fingerprint density at radius 3 is 2.50 bits per heavy atom. The van der Waals surface area contributed by atoms with Crippen LogP contribution in [0.15, 0.2) is 35.0 Å². The molecule has 1 unspecified atom stereocenters. The fourth-order valence-corrected chi connectivity index (χ4v) is 2.81. The lowest BCUT2D eigenvalue weighted by molar-refractivity contribution is -0.0952. The first kappa shape index (κ1) is 15.0. The number of pyridine rings is 1. The second-order valence-corrected chi connectivity index (χ2v) is 6.85. The van der Waals surface area contributed by atoms with Gasteiger partial charge in [-0.15, -0.1) is 0 Å². The van der Waals surface area contributed by atoms with Gasteiger partial charge in [0.1, 0.15) is 0 Å². The Labute approximate surface area is 115 Å². The van der Waals surface area contributed by atoms with E-state index in [1.165, 1.54) is 24.4 Å². The summed E-state index contributed by atoms with van der Waals surface area (Å²) in [6, 6.07) is 2.87.